The van der Waals surface area contributed by atoms with Gasteiger partial charge in [-0.05, 0) is 59.7 Å². The number of aromatic nitrogens is 4. The Hall–Kier alpha value is -5.73. The third-order valence-corrected chi connectivity index (χ3v) is 6.93. The molecule has 5 aromatic rings. The lowest BCUT2D eigenvalue weighted by Crippen LogP contribution is -2.42. The summed E-state index contributed by atoms with van der Waals surface area (Å²) in [7, 11) is 0. The Morgan fingerprint density at radius 1 is 0.739 bits per heavy atom. The van der Waals surface area contributed by atoms with Crippen molar-refractivity contribution in [3.8, 4) is 5.69 Å². The molecular formula is C31H21F6N5O4. The number of hydrogen-bond donors (Lipinski definition) is 0. The van der Waals surface area contributed by atoms with Crippen molar-refractivity contribution in [2.24, 2.45) is 0 Å². The van der Waals surface area contributed by atoms with E-state index in [4.69, 9.17) is 0 Å². The molecule has 0 spiro atoms. The fourth-order valence-electron chi connectivity index (χ4n) is 4.62. The molecule has 3 aromatic carbocycles. The smallest absolute Gasteiger partial charge is 0.283 e. The van der Waals surface area contributed by atoms with Crippen molar-refractivity contribution in [1.29, 1.82) is 0 Å². The van der Waals surface area contributed by atoms with Crippen LogP contribution in [0.25, 0.3) is 17.8 Å². The number of nitro groups is 1. The van der Waals surface area contributed by atoms with Gasteiger partial charge < -0.3 is 0 Å². The van der Waals surface area contributed by atoms with E-state index in [1.807, 2.05) is 6.07 Å². The maximum absolute atomic E-state index is 13.7. The lowest BCUT2D eigenvalue weighted by Gasteiger charge is -2.15. The Morgan fingerprint density at radius 3 is 1.76 bits per heavy atom. The van der Waals surface area contributed by atoms with Gasteiger partial charge in [-0.2, -0.15) is 31.4 Å². The standard InChI is InChI=1S/C31H21F6N5O4/c32-30(33,34)23-11-6-20(7-12-23)17-39-26(15-10-22-16-38-41(19-22)25-4-2-1-3-5-25)27(42(45)46)28(43)40(29(39)44)18-21-8-13-24(14-9-21)31(35,36)37/h1-16,19H,17-18H2. The van der Waals surface area contributed by atoms with E-state index in [9.17, 15) is 46.0 Å². The van der Waals surface area contributed by atoms with Gasteiger partial charge in [-0.15, -0.1) is 0 Å². The maximum Gasteiger partial charge on any atom is 0.416 e. The first kappa shape index (κ1) is 31.7. The minimum absolute atomic E-state index is 0.0687. The highest BCUT2D eigenvalue weighted by atomic mass is 19.4. The van der Waals surface area contributed by atoms with Crippen LogP contribution in [-0.2, 0) is 25.4 Å². The third-order valence-electron chi connectivity index (χ3n) is 6.93. The Morgan fingerprint density at radius 2 is 1.26 bits per heavy atom. The summed E-state index contributed by atoms with van der Waals surface area (Å²) in [5, 5.41) is 16.5. The number of halogens is 6. The summed E-state index contributed by atoms with van der Waals surface area (Å²) >= 11 is 0. The Bertz CT molecular complexity index is 2030. The van der Waals surface area contributed by atoms with Gasteiger partial charge in [0.15, 0.2) is 0 Å². The molecule has 5 rings (SSSR count). The zero-order valence-electron chi connectivity index (χ0n) is 23.4. The van der Waals surface area contributed by atoms with Crippen LogP contribution in [0, 0.1) is 10.1 Å². The van der Waals surface area contributed by atoms with Gasteiger partial charge in [0.25, 0.3) is 0 Å². The topological polar surface area (TPSA) is 105 Å². The van der Waals surface area contributed by atoms with E-state index in [1.165, 1.54) is 17.0 Å². The van der Waals surface area contributed by atoms with Gasteiger partial charge in [0.2, 0.25) is 0 Å². The average Bonchev–Trinajstić information content (AvgIpc) is 3.49. The van der Waals surface area contributed by atoms with Crippen LogP contribution in [0.5, 0.6) is 0 Å². The molecule has 46 heavy (non-hydrogen) atoms. The molecule has 0 N–H and O–H groups in total. The lowest BCUT2D eigenvalue weighted by molar-refractivity contribution is -0.387. The summed E-state index contributed by atoms with van der Waals surface area (Å²) in [5.41, 5.74) is -4.45. The molecule has 9 nitrogen and oxygen atoms in total. The van der Waals surface area contributed by atoms with E-state index in [-0.39, 0.29) is 11.1 Å². The highest BCUT2D eigenvalue weighted by Gasteiger charge is 2.32. The van der Waals surface area contributed by atoms with Gasteiger partial charge in [-0.25, -0.2) is 14.0 Å². The SMILES string of the molecule is O=c1c([N+](=O)[O-])c(C=Cc2cnn(-c3ccccc3)c2)n(Cc2ccc(C(F)(F)F)cc2)c(=O)n1Cc1ccc(C(F)(F)F)cc1. The van der Waals surface area contributed by atoms with E-state index >= 15 is 0 Å². The van der Waals surface area contributed by atoms with Crippen LogP contribution in [0.4, 0.5) is 32.0 Å². The average molecular weight is 642 g/mol. The molecule has 0 aliphatic heterocycles. The molecule has 0 aliphatic carbocycles. The summed E-state index contributed by atoms with van der Waals surface area (Å²) < 4.78 is 81.4. The second-order valence-electron chi connectivity index (χ2n) is 10.0. The van der Waals surface area contributed by atoms with Crippen molar-refractivity contribution in [2.75, 3.05) is 0 Å². The summed E-state index contributed by atoms with van der Waals surface area (Å²) in [4.78, 5) is 38.4. The van der Waals surface area contributed by atoms with Crippen molar-refractivity contribution in [2.45, 2.75) is 25.4 Å². The zero-order valence-corrected chi connectivity index (χ0v) is 23.4. The maximum atomic E-state index is 13.7. The molecule has 0 saturated carbocycles. The molecule has 0 atom stereocenters. The quantitative estimate of drug-likeness (QED) is 0.111. The Labute approximate surface area is 255 Å². The van der Waals surface area contributed by atoms with Crippen molar-refractivity contribution >= 4 is 17.8 Å². The molecule has 15 heteroatoms. The van der Waals surface area contributed by atoms with Gasteiger partial charge in [0, 0.05) is 11.8 Å². The molecule has 0 radical (unpaired) electrons. The fraction of sp³-hybridized carbons (Fsp3) is 0.129. The van der Waals surface area contributed by atoms with E-state index in [2.05, 4.69) is 5.10 Å². The molecule has 2 aromatic heterocycles. The highest BCUT2D eigenvalue weighted by molar-refractivity contribution is 5.71. The van der Waals surface area contributed by atoms with Crippen LogP contribution in [0.3, 0.4) is 0 Å². The number of alkyl halides is 6. The number of benzene rings is 3. The molecule has 0 bridgehead atoms. The number of hydrogen-bond acceptors (Lipinski definition) is 5. The Balaban J connectivity index is 1.63. The third kappa shape index (κ3) is 6.82. The minimum Gasteiger partial charge on any atom is -0.283 e. The summed E-state index contributed by atoms with van der Waals surface area (Å²) in [6.07, 6.45) is -3.74. The second-order valence-corrected chi connectivity index (χ2v) is 10.0. The number of para-hydroxylation sites is 1. The van der Waals surface area contributed by atoms with E-state index in [0.29, 0.717) is 15.8 Å². The molecule has 0 aliphatic rings. The fourth-order valence-corrected chi connectivity index (χ4v) is 4.62. The van der Waals surface area contributed by atoms with Gasteiger partial charge >= 0.3 is 29.3 Å². The molecule has 2 heterocycles. The first-order valence-electron chi connectivity index (χ1n) is 13.3. The monoisotopic (exact) mass is 641 g/mol. The van der Waals surface area contributed by atoms with Crippen LogP contribution < -0.4 is 11.2 Å². The van der Waals surface area contributed by atoms with Crippen molar-refractivity contribution < 1.29 is 31.3 Å². The van der Waals surface area contributed by atoms with E-state index in [1.54, 1.807) is 30.5 Å². The van der Waals surface area contributed by atoms with Crippen molar-refractivity contribution in [3.63, 3.8) is 0 Å². The second kappa shape index (κ2) is 12.3. The lowest BCUT2D eigenvalue weighted by atomic mass is 10.1. The summed E-state index contributed by atoms with van der Waals surface area (Å²) in [6, 6.07) is 16.2. The van der Waals surface area contributed by atoms with Crippen LogP contribution in [0.15, 0.2) is 101 Å². The van der Waals surface area contributed by atoms with Crippen LogP contribution in [-0.4, -0.2) is 23.8 Å². The molecule has 0 amide bonds. The predicted octanol–water partition coefficient (Wildman–Crippen LogP) is 6.41. The molecular weight excluding hydrogens is 620 g/mol. The largest absolute Gasteiger partial charge is 0.416 e. The van der Waals surface area contributed by atoms with Gasteiger partial charge in [-0.1, -0.05) is 42.5 Å². The van der Waals surface area contributed by atoms with Crippen LogP contribution in [0.2, 0.25) is 0 Å². The highest BCUT2D eigenvalue weighted by Crippen LogP contribution is 2.30. The van der Waals surface area contributed by atoms with Crippen LogP contribution in [0.1, 0.15) is 33.5 Å². The van der Waals surface area contributed by atoms with Gasteiger partial charge in [0.1, 0.15) is 5.69 Å². The predicted molar refractivity (Wildman–Crippen MR) is 155 cm³/mol. The van der Waals surface area contributed by atoms with Gasteiger partial charge in [0.05, 0.1) is 41.0 Å². The number of nitrogens with zero attached hydrogens (tertiary/aromatic N) is 5. The molecule has 0 saturated heterocycles. The summed E-state index contributed by atoms with van der Waals surface area (Å²) in [6.45, 7) is -1.09. The first-order valence-corrected chi connectivity index (χ1v) is 13.3. The zero-order chi connectivity index (χ0) is 33.2. The van der Waals surface area contributed by atoms with E-state index < -0.39 is 64.1 Å². The van der Waals surface area contributed by atoms with Crippen molar-refractivity contribution in [3.05, 3.63) is 156 Å². The first-order chi connectivity index (χ1) is 21.7. The minimum atomic E-state index is -4.64. The van der Waals surface area contributed by atoms with Crippen molar-refractivity contribution in [1.82, 2.24) is 18.9 Å². The molecule has 0 fully saturated rings. The van der Waals surface area contributed by atoms with E-state index in [0.717, 1.165) is 59.2 Å². The van der Waals surface area contributed by atoms with Gasteiger partial charge in [-0.3, -0.25) is 19.5 Å². The molecule has 0 unspecified atom stereocenters. The normalized spacial score (nSPS) is 12.1. The Kier molecular flexibility index (Phi) is 8.50. The van der Waals surface area contributed by atoms with Crippen LogP contribution >= 0.6 is 0 Å². The number of rotatable bonds is 8. The molecule has 236 valence electrons. The summed E-state index contributed by atoms with van der Waals surface area (Å²) in [5.74, 6) is 0.